The summed E-state index contributed by atoms with van der Waals surface area (Å²) in [4.78, 5) is 0. The standard InChI is InChI=1S/C11H19NO/c1-10-3-5-11(9-12,6-4-10)7-8-13-2/h10H,3-8H2,1-2H3. The van der Waals surface area contributed by atoms with Crippen molar-refractivity contribution < 1.29 is 4.74 Å². The number of nitriles is 1. The van der Waals surface area contributed by atoms with Gasteiger partial charge in [0.25, 0.3) is 0 Å². The zero-order valence-electron chi connectivity index (χ0n) is 8.68. The van der Waals surface area contributed by atoms with Gasteiger partial charge in [-0.1, -0.05) is 6.92 Å². The maximum Gasteiger partial charge on any atom is 0.0690 e. The van der Waals surface area contributed by atoms with E-state index in [0.29, 0.717) is 0 Å². The molecule has 13 heavy (non-hydrogen) atoms. The second kappa shape index (κ2) is 4.62. The number of ether oxygens (including phenoxy) is 1. The van der Waals surface area contributed by atoms with E-state index in [1.54, 1.807) is 7.11 Å². The Kier molecular flexibility index (Phi) is 3.74. The molecule has 0 amide bonds. The van der Waals surface area contributed by atoms with Gasteiger partial charge in [0.2, 0.25) is 0 Å². The molecule has 0 heterocycles. The average Bonchev–Trinajstić information content (AvgIpc) is 2.18. The van der Waals surface area contributed by atoms with Crippen LogP contribution in [0.1, 0.15) is 39.0 Å². The van der Waals surface area contributed by atoms with E-state index in [1.165, 1.54) is 12.8 Å². The van der Waals surface area contributed by atoms with Gasteiger partial charge in [-0.25, -0.2) is 0 Å². The molecule has 1 aliphatic rings. The monoisotopic (exact) mass is 181 g/mol. The topological polar surface area (TPSA) is 33.0 Å². The van der Waals surface area contributed by atoms with Crippen molar-refractivity contribution in [3.05, 3.63) is 0 Å². The number of hydrogen-bond donors (Lipinski definition) is 0. The van der Waals surface area contributed by atoms with Crippen molar-refractivity contribution in [2.45, 2.75) is 39.0 Å². The first-order chi connectivity index (χ1) is 6.22. The van der Waals surface area contributed by atoms with E-state index in [4.69, 9.17) is 10.00 Å². The van der Waals surface area contributed by atoms with E-state index in [0.717, 1.165) is 31.8 Å². The average molecular weight is 181 g/mol. The van der Waals surface area contributed by atoms with Crippen molar-refractivity contribution in [1.29, 1.82) is 5.26 Å². The van der Waals surface area contributed by atoms with E-state index in [-0.39, 0.29) is 5.41 Å². The number of methoxy groups -OCH3 is 1. The summed E-state index contributed by atoms with van der Waals surface area (Å²) in [5.41, 5.74) is -0.0669. The quantitative estimate of drug-likeness (QED) is 0.670. The van der Waals surface area contributed by atoms with Crippen LogP contribution >= 0.6 is 0 Å². The molecule has 0 unspecified atom stereocenters. The Morgan fingerprint density at radius 3 is 2.54 bits per heavy atom. The summed E-state index contributed by atoms with van der Waals surface area (Å²) in [7, 11) is 1.70. The molecule has 1 aliphatic carbocycles. The van der Waals surface area contributed by atoms with Gasteiger partial charge in [-0.2, -0.15) is 5.26 Å². The van der Waals surface area contributed by atoms with Gasteiger partial charge in [-0.15, -0.1) is 0 Å². The first-order valence-electron chi connectivity index (χ1n) is 5.13. The van der Waals surface area contributed by atoms with E-state index >= 15 is 0 Å². The van der Waals surface area contributed by atoms with Crippen LogP contribution < -0.4 is 0 Å². The minimum absolute atomic E-state index is 0.0669. The number of rotatable bonds is 3. The molecule has 0 atom stereocenters. The summed E-state index contributed by atoms with van der Waals surface area (Å²) in [6.07, 6.45) is 5.45. The molecule has 0 bridgehead atoms. The molecule has 2 nitrogen and oxygen atoms in total. The van der Waals surface area contributed by atoms with Gasteiger partial charge < -0.3 is 4.74 Å². The van der Waals surface area contributed by atoms with E-state index in [2.05, 4.69) is 13.0 Å². The Hall–Kier alpha value is -0.550. The lowest BCUT2D eigenvalue weighted by molar-refractivity contribution is 0.127. The van der Waals surface area contributed by atoms with Crippen LogP contribution in [0.5, 0.6) is 0 Å². The Balaban J connectivity index is 2.46. The van der Waals surface area contributed by atoms with Gasteiger partial charge in [0, 0.05) is 13.7 Å². The lowest BCUT2D eigenvalue weighted by atomic mass is 9.70. The fourth-order valence-corrected chi connectivity index (χ4v) is 2.03. The molecule has 0 saturated heterocycles. The highest BCUT2D eigenvalue weighted by Gasteiger charge is 2.33. The zero-order chi connectivity index (χ0) is 9.73. The molecule has 74 valence electrons. The van der Waals surface area contributed by atoms with E-state index < -0.39 is 0 Å². The molecule has 0 N–H and O–H groups in total. The molecule has 1 saturated carbocycles. The lowest BCUT2D eigenvalue weighted by Gasteiger charge is -2.33. The smallest absolute Gasteiger partial charge is 0.0690 e. The lowest BCUT2D eigenvalue weighted by Crippen LogP contribution is -2.26. The molecule has 0 spiro atoms. The van der Waals surface area contributed by atoms with Crippen molar-refractivity contribution in [3.8, 4) is 6.07 Å². The highest BCUT2D eigenvalue weighted by molar-refractivity contribution is 5.01. The molecule has 0 aromatic rings. The Morgan fingerprint density at radius 1 is 1.46 bits per heavy atom. The third kappa shape index (κ3) is 2.70. The van der Waals surface area contributed by atoms with Gasteiger partial charge in [0.15, 0.2) is 0 Å². The largest absolute Gasteiger partial charge is 0.385 e. The van der Waals surface area contributed by atoms with Crippen molar-refractivity contribution >= 4 is 0 Å². The fraction of sp³-hybridized carbons (Fsp3) is 0.909. The molecule has 0 radical (unpaired) electrons. The van der Waals surface area contributed by atoms with Gasteiger partial charge >= 0.3 is 0 Å². The van der Waals surface area contributed by atoms with Gasteiger partial charge in [0.05, 0.1) is 11.5 Å². The Morgan fingerprint density at radius 2 is 2.08 bits per heavy atom. The first-order valence-corrected chi connectivity index (χ1v) is 5.13. The highest BCUT2D eigenvalue weighted by Crippen LogP contribution is 2.40. The summed E-state index contributed by atoms with van der Waals surface area (Å²) in [5, 5.41) is 9.15. The van der Waals surface area contributed by atoms with Gasteiger partial charge in [-0.05, 0) is 38.0 Å². The van der Waals surface area contributed by atoms with Gasteiger partial charge in [0.1, 0.15) is 0 Å². The second-order valence-corrected chi connectivity index (χ2v) is 4.32. The number of hydrogen-bond acceptors (Lipinski definition) is 2. The minimum atomic E-state index is -0.0669. The Labute approximate surface area is 80.9 Å². The van der Waals surface area contributed by atoms with E-state index in [9.17, 15) is 0 Å². The normalized spacial score (nSPS) is 34.1. The summed E-state index contributed by atoms with van der Waals surface area (Å²) < 4.78 is 5.05. The number of nitrogens with zero attached hydrogens (tertiary/aromatic N) is 1. The van der Waals surface area contributed by atoms with Crippen LogP contribution in [0.2, 0.25) is 0 Å². The molecule has 0 aromatic carbocycles. The second-order valence-electron chi connectivity index (χ2n) is 4.32. The van der Waals surface area contributed by atoms with Crippen LogP contribution in [0, 0.1) is 22.7 Å². The van der Waals surface area contributed by atoms with Crippen molar-refractivity contribution in [3.63, 3.8) is 0 Å². The first kappa shape index (κ1) is 10.5. The molecule has 1 rings (SSSR count). The highest BCUT2D eigenvalue weighted by atomic mass is 16.5. The maximum absolute atomic E-state index is 9.15. The summed E-state index contributed by atoms with van der Waals surface area (Å²) in [5.74, 6) is 0.809. The maximum atomic E-state index is 9.15. The summed E-state index contributed by atoms with van der Waals surface area (Å²) in [6.45, 7) is 3.00. The van der Waals surface area contributed by atoms with Crippen LogP contribution in [0.15, 0.2) is 0 Å². The SMILES string of the molecule is COCCC1(C#N)CCC(C)CC1. The summed E-state index contributed by atoms with van der Waals surface area (Å²) in [6, 6.07) is 2.49. The molecule has 1 fully saturated rings. The minimum Gasteiger partial charge on any atom is -0.385 e. The fourth-order valence-electron chi connectivity index (χ4n) is 2.03. The molecule has 2 heteroatoms. The van der Waals surface area contributed by atoms with Crippen LogP contribution in [-0.4, -0.2) is 13.7 Å². The molecule has 0 aliphatic heterocycles. The van der Waals surface area contributed by atoms with Crippen LogP contribution in [0.4, 0.5) is 0 Å². The van der Waals surface area contributed by atoms with Crippen LogP contribution in [-0.2, 0) is 4.74 Å². The third-order valence-corrected chi connectivity index (χ3v) is 3.25. The van der Waals surface area contributed by atoms with Gasteiger partial charge in [-0.3, -0.25) is 0 Å². The molecular weight excluding hydrogens is 162 g/mol. The third-order valence-electron chi connectivity index (χ3n) is 3.25. The Bertz CT molecular complexity index is 181. The molecule has 0 aromatic heterocycles. The predicted molar refractivity (Wildman–Crippen MR) is 52.2 cm³/mol. The van der Waals surface area contributed by atoms with E-state index in [1.807, 2.05) is 0 Å². The van der Waals surface area contributed by atoms with Crippen LogP contribution in [0.25, 0.3) is 0 Å². The molecular formula is C11H19NO. The zero-order valence-corrected chi connectivity index (χ0v) is 8.68. The van der Waals surface area contributed by atoms with Crippen molar-refractivity contribution in [2.75, 3.05) is 13.7 Å². The summed E-state index contributed by atoms with van der Waals surface area (Å²) >= 11 is 0. The van der Waals surface area contributed by atoms with Crippen molar-refractivity contribution in [2.24, 2.45) is 11.3 Å². The van der Waals surface area contributed by atoms with Crippen LogP contribution in [0.3, 0.4) is 0 Å². The van der Waals surface area contributed by atoms with Crippen molar-refractivity contribution in [1.82, 2.24) is 0 Å². The predicted octanol–water partition coefficient (Wildman–Crippen LogP) is 2.74.